The van der Waals surface area contributed by atoms with Gasteiger partial charge in [0.15, 0.2) is 0 Å². The largest absolute Gasteiger partial charge is 0.457 e. The van der Waals surface area contributed by atoms with Crippen molar-refractivity contribution in [3.8, 4) is 11.5 Å². The molecule has 0 saturated heterocycles. The maximum absolute atomic E-state index is 12.5. The van der Waals surface area contributed by atoms with E-state index in [4.69, 9.17) is 16.3 Å². The SMILES string of the molecule is O=C(Nc1ccc(Cl)cc1)c1cc(Oc2ccc(/C=C/c3ccncc3)cc2)ccn1. The number of carbonyl (C=O) groups is 1. The van der Waals surface area contributed by atoms with Gasteiger partial charge in [0, 0.05) is 35.4 Å². The summed E-state index contributed by atoms with van der Waals surface area (Å²) < 4.78 is 5.88. The van der Waals surface area contributed by atoms with Gasteiger partial charge >= 0.3 is 0 Å². The quantitative estimate of drug-likeness (QED) is 0.389. The molecule has 0 bridgehead atoms. The molecule has 2 aromatic heterocycles. The van der Waals surface area contributed by atoms with E-state index in [9.17, 15) is 4.79 Å². The van der Waals surface area contributed by atoms with Crippen molar-refractivity contribution in [2.45, 2.75) is 0 Å². The number of rotatable bonds is 6. The molecular formula is C25H18ClN3O2. The summed E-state index contributed by atoms with van der Waals surface area (Å²) in [6, 6.07) is 21.7. The van der Waals surface area contributed by atoms with Crippen LogP contribution in [0.2, 0.25) is 5.02 Å². The van der Waals surface area contributed by atoms with E-state index in [2.05, 4.69) is 15.3 Å². The van der Waals surface area contributed by atoms with Crippen LogP contribution in [0.4, 0.5) is 5.69 Å². The zero-order valence-corrected chi connectivity index (χ0v) is 17.2. The summed E-state index contributed by atoms with van der Waals surface area (Å²) in [6.45, 7) is 0. The van der Waals surface area contributed by atoms with Crippen molar-refractivity contribution in [3.05, 3.63) is 113 Å². The van der Waals surface area contributed by atoms with Gasteiger partial charge in [-0.15, -0.1) is 0 Å². The van der Waals surface area contributed by atoms with Gasteiger partial charge in [-0.3, -0.25) is 14.8 Å². The Morgan fingerprint density at radius 3 is 2.19 bits per heavy atom. The van der Waals surface area contributed by atoms with Gasteiger partial charge in [-0.05, 0) is 65.7 Å². The Hall–Kier alpha value is -3.96. The molecule has 2 aromatic carbocycles. The van der Waals surface area contributed by atoms with Crippen LogP contribution in [0.3, 0.4) is 0 Å². The fourth-order valence-corrected chi connectivity index (χ4v) is 2.90. The lowest BCUT2D eigenvalue weighted by molar-refractivity contribution is 0.102. The number of nitrogens with zero attached hydrogens (tertiary/aromatic N) is 2. The first-order valence-electron chi connectivity index (χ1n) is 9.55. The van der Waals surface area contributed by atoms with Gasteiger partial charge in [-0.1, -0.05) is 35.9 Å². The van der Waals surface area contributed by atoms with Crippen LogP contribution < -0.4 is 10.1 Å². The van der Waals surface area contributed by atoms with Crippen molar-refractivity contribution in [1.82, 2.24) is 9.97 Å². The molecule has 0 aliphatic heterocycles. The van der Waals surface area contributed by atoms with Gasteiger partial charge < -0.3 is 10.1 Å². The Kier molecular flexibility index (Phi) is 6.35. The molecule has 0 radical (unpaired) electrons. The van der Waals surface area contributed by atoms with Crippen molar-refractivity contribution in [1.29, 1.82) is 0 Å². The Morgan fingerprint density at radius 1 is 0.806 bits per heavy atom. The number of halogens is 1. The van der Waals surface area contributed by atoms with Gasteiger partial charge in [0.1, 0.15) is 17.2 Å². The second-order valence-corrected chi connectivity index (χ2v) is 7.06. The predicted molar refractivity (Wildman–Crippen MR) is 123 cm³/mol. The van der Waals surface area contributed by atoms with Crippen LogP contribution in [0, 0.1) is 0 Å². The summed E-state index contributed by atoms with van der Waals surface area (Å²) in [4.78, 5) is 20.6. The molecule has 5 nitrogen and oxygen atoms in total. The first-order valence-corrected chi connectivity index (χ1v) is 9.92. The fraction of sp³-hybridized carbons (Fsp3) is 0. The van der Waals surface area contributed by atoms with Gasteiger partial charge in [0.05, 0.1) is 0 Å². The molecule has 1 amide bonds. The van der Waals surface area contributed by atoms with Crippen LogP contribution in [-0.4, -0.2) is 15.9 Å². The van der Waals surface area contributed by atoms with Crippen LogP contribution in [0.25, 0.3) is 12.2 Å². The zero-order valence-electron chi connectivity index (χ0n) is 16.4. The van der Waals surface area contributed by atoms with Gasteiger partial charge in [0.25, 0.3) is 5.91 Å². The normalized spacial score (nSPS) is 10.7. The molecule has 1 N–H and O–H groups in total. The van der Waals surface area contributed by atoms with Crippen molar-refractivity contribution in [3.63, 3.8) is 0 Å². The van der Waals surface area contributed by atoms with E-state index in [0.29, 0.717) is 22.2 Å². The number of hydrogen-bond acceptors (Lipinski definition) is 4. The molecule has 2 heterocycles. The smallest absolute Gasteiger partial charge is 0.274 e. The summed E-state index contributed by atoms with van der Waals surface area (Å²) in [5, 5.41) is 3.39. The monoisotopic (exact) mass is 427 g/mol. The Labute approximate surface area is 185 Å². The summed E-state index contributed by atoms with van der Waals surface area (Å²) in [5.74, 6) is 0.858. The van der Waals surface area contributed by atoms with E-state index in [0.717, 1.165) is 11.1 Å². The maximum atomic E-state index is 12.5. The lowest BCUT2D eigenvalue weighted by atomic mass is 10.1. The lowest BCUT2D eigenvalue weighted by Crippen LogP contribution is -2.13. The standard InChI is InChI=1S/C25H18ClN3O2/c26-20-5-7-21(8-6-20)29-25(30)24-17-23(13-16-28-24)31-22-9-3-18(4-10-22)1-2-19-11-14-27-15-12-19/h1-17H,(H,29,30)/b2-1+. The van der Waals surface area contributed by atoms with Crippen LogP contribution in [0.5, 0.6) is 11.5 Å². The highest BCUT2D eigenvalue weighted by Crippen LogP contribution is 2.23. The average molecular weight is 428 g/mol. The number of benzene rings is 2. The summed E-state index contributed by atoms with van der Waals surface area (Å²) in [6.07, 6.45) is 9.10. The Morgan fingerprint density at radius 2 is 1.48 bits per heavy atom. The highest BCUT2D eigenvalue weighted by molar-refractivity contribution is 6.30. The first-order chi connectivity index (χ1) is 15.2. The first kappa shape index (κ1) is 20.3. The van der Waals surface area contributed by atoms with E-state index >= 15 is 0 Å². The Bertz CT molecular complexity index is 1190. The number of ether oxygens (including phenoxy) is 1. The number of anilines is 1. The molecule has 0 fully saturated rings. The minimum Gasteiger partial charge on any atom is -0.457 e. The molecule has 6 heteroatoms. The van der Waals surface area contributed by atoms with Gasteiger partial charge in [-0.2, -0.15) is 0 Å². The van der Waals surface area contributed by atoms with Gasteiger partial charge in [0.2, 0.25) is 0 Å². The average Bonchev–Trinajstić information content (AvgIpc) is 2.81. The summed E-state index contributed by atoms with van der Waals surface area (Å²) >= 11 is 5.87. The van der Waals surface area contributed by atoms with Crippen LogP contribution in [0.15, 0.2) is 91.4 Å². The van der Waals surface area contributed by atoms with Crippen LogP contribution in [0.1, 0.15) is 21.6 Å². The molecule has 4 rings (SSSR count). The third kappa shape index (κ3) is 5.78. The third-order valence-electron chi connectivity index (χ3n) is 4.36. The number of amides is 1. The summed E-state index contributed by atoms with van der Waals surface area (Å²) in [5.41, 5.74) is 3.01. The number of aromatic nitrogens is 2. The van der Waals surface area contributed by atoms with Crippen LogP contribution in [-0.2, 0) is 0 Å². The van der Waals surface area contributed by atoms with Crippen molar-refractivity contribution in [2.24, 2.45) is 0 Å². The van der Waals surface area contributed by atoms with E-state index < -0.39 is 0 Å². The molecule has 31 heavy (non-hydrogen) atoms. The third-order valence-corrected chi connectivity index (χ3v) is 4.61. The molecule has 0 saturated carbocycles. The number of pyridine rings is 2. The van der Waals surface area contributed by atoms with Crippen molar-refractivity contribution in [2.75, 3.05) is 5.32 Å². The highest BCUT2D eigenvalue weighted by atomic mass is 35.5. The molecule has 0 spiro atoms. The lowest BCUT2D eigenvalue weighted by Gasteiger charge is -2.08. The molecule has 0 aliphatic rings. The summed E-state index contributed by atoms with van der Waals surface area (Å²) in [7, 11) is 0. The minimum absolute atomic E-state index is 0.254. The van der Waals surface area contributed by atoms with E-state index in [1.807, 2.05) is 48.6 Å². The highest BCUT2D eigenvalue weighted by Gasteiger charge is 2.09. The van der Waals surface area contributed by atoms with Crippen molar-refractivity contribution >= 4 is 35.3 Å². The second-order valence-electron chi connectivity index (χ2n) is 6.62. The molecule has 0 atom stereocenters. The number of carbonyl (C=O) groups excluding carboxylic acids is 1. The zero-order chi connectivity index (χ0) is 21.5. The molecular weight excluding hydrogens is 410 g/mol. The second kappa shape index (κ2) is 9.69. The Balaban J connectivity index is 1.40. The molecule has 0 unspecified atom stereocenters. The predicted octanol–water partition coefficient (Wildman–Crippen LogP) is 6.35. The van der Waals surface area contributed by atoms with E-state index in [1.165, 1.54) is 6.20 Å². The fourth-order valence-electron chi connectivity index (χ4n) is 2.78. The van der Waals surface area contributed by atoms with E-state index in [-0.39, 0.29) is 11.6 Å². The number of hydrogen-bond donors (Lipinski definition) is 1. The molecule has 4 aromatic rings. The van der Waals surface area contributed by atoms with Gasteiger partial charge in [-0.25, -0.2) is 0 Å². The van der Waals surface area contributed by atoms with Crippen molar-refractivity contribution < 1.29 is 9.53 Å². The van der Waals surface area contributed by atoms with E-state index in [1.54, 1.807) is 48.8 Å². The maximum Gasteiger partial charge on any atom is 0.274 e. The molecule has 0 aliphatic carbocycles. The molecule has 152 valence electrons. The topological polar surface area (TPSA) is 64.1 Å². The number of nitrogens with one attached hydrogen (secondary N) is 1. The minimum atomic E-state index is -0.329. The van der Waals surface area contributed by atoms with Crippen LogP contribution >= 0.6 is 11.6 Å².